The fourth-order valence-corrected chi connectivity index (χ4v) is 1.09. The molecule has 0 unspecified atom stereocenters. The largest absolute Gasteiger partial charge is 0.269 e. The van der Waals surface area contributed by atoms with Gasteiger partial charge < -0.3 is 0 Å². The SMILES string of the molecule is C/C(=C/c1ccc([N+](=O)[O-])cc1)CCl. The zero-order valence-electron chi connectivity index (χ0n) is 7.74. The fourth-order valence-electron chi connectivity index (χ4n) is 1.02. The van der Waals surface area contributed by atoms with Crippen molar-refractivity contribution in [1.82, 2.24) is 0 Å². The van der Waals surface area contributed by atoms with Gasteiger partial charge in [0, 0.05) is 18.0 Å². The van der Waals surface area contributed by atoms with Gasteiger partial charge in [-0.25, -0.2) is 0 Å². The summed E-state index contributed by atoms with van der Waals surface area (Å²) >= 11 is 5.61. The Hall–Kier alpha value is -1.35. The first-order chi connectivity index (χ1) is 6.63. The van der Waals surface area contributed by atoms with Crippen LogP contribution in [0.5, 0.6) is 0 Å². The minimum atomic E-state index is -0.415. The molecule has 1 aromatic rings. The van der Waals surface area contributed by atoms with Crippen molar-refractivity contribution in [3.8, 4) is 0 Å². The summed E-state index contributed by atoms with van der Waals surface area (Å²) in [7, 11) is 0. The molecule has 74 valence electrons. The Morgan fingerprint density at radius 1 is 1.50 bits per heavy atom. The Morgan fingerprint density at radius 3 is 2.50 bits per heavy atom. The highest BCUT2D eigenvalue weighted by Gasteiger charge is 2.02. The van der Waals surface area contributed by atoms with Crippen LogP contribution < -0.4 is 0 Å². The molecule has 0 atom stereocenters. The van der Waals surface area contributed by atoms with Crippen LogP contribution >= 0.6 is 11.6 Å². The summed E-state index contributed by atoms with van der Waals surface area (Å²) in [5, 5.41) is 10.4. The molecule has 1 aromatic carbocycles. The van der Waals surface area contributed by atoms with Crippen LogP contribution in [0.25, 0.3) is 6.08 Å². The molecule has 0 aromatic heterocycles. The van der Waals surface area contributed by atoms with Crippen molar-refractivity contribution in [3.05, 3.63) is 45.5 Å². The molecule has 0 heterocycles. The quantitative estimate of drug-likeness (QED) is 0.438. The molecule has 3 nitrogen and oxygen atoms in total. The number of halogens is 1. The van der Waals surface area contributed by atoms with E-state index in [1.54, 1.807) is 12.1 Å². The zero-order chi connectivity index (χ0) is 10.6. The van der Waals surface area contributed by atoms with E-state index in [4.69, 9.17) is 11.6 Å². The van der Waals surface area contributed by atoms with Crippen molar-refractivity contribution in [3.63, 3.8) is 0 Å². The monoisotopic (exact) mass is 211 g/mol. The van der Waals surface area contributed by atoms with Crippen LogP contribution in [0.4, 0.5) is 5.69 Å². The lowest BCUT2D eigenvalue weighted by molar-refractivity contribution is -0.384. The summed E-state index contributed by atoms with van der Waals surface area (Å²) in [5.41, 5.74) is 2.06. The molecule has 4 heteroatoms. The smallest absolute Gasteiger partial charge is 0.258 e. The molecule has 0 spiro atoms. The zero-order valence-corrected chi connectivity index (χ0v) is 8.49. The molecular weight excluding hydrogens is 202 g/mol. The standard InChI is InChI=1S/C10H10ClNO2/c1-8(7-11)6-9-2-4-10(5-3-9)12(13)14/h2-6H,7H2,1H3/b8-6-. The number of nitro benzene ring substituents is 1. The van der Waals surface area contributed by atoms with E-state index >= 15 is 0 Å². The number of alkyl halides is 1. The van der Waals surface area contributed by atoms with Gasteiger partial charge in [-0.3, -0.25) is 10.1 Å². The normalized spacial score (nSPS) is 11.4. The van der Waals surface area contributed by atoms with Crippen LogP contribution in [0, 0.1) is 10.1 Å². The lowest BCUT2D eigenvalue weighted by Gasteiger charge is -1.96. The summed E-state index contributed by atoms with van der Waals surface area (Å²) in [5.74, 6) is 0.469. The summed E-state index contributed by atoms with van der Waals surface area (Å²) in [6.07, 6.45) is 1.90. The van der Waals surface area contributed by atoms with Gasteiger partial charge in [0.1, 0.15) is 0 Å². The molecule has 0 N–H and O–H groups in total. The summed E-state index contributed by atoms with van der Waals surface area (Å²) < 4.78 is 0. The van der Waals surface area contributed by atoms with E-state index in [9.17, 15) is 10.1 Å². The highest BCUT2D eigenvalue weighted by Crippen LogP contribution is 2.14. The maximum atomic E-state index is 10.4. The first-order valence-corrected chi connectivity index (χ1v) is 4.64. The molecule has 0 saturated heterocycles. The van der Waals surface area contributed by atoms with E-state index in [2.05, 4.69) is 0 Å². The molecule has 0 aliphatic rings. The number of nitro groups is 1. The molecule has 0 saturated carbocycles. The van der Waals surface area contributed by atoms with E-state index in [1.165, 1.54) is 12.1 Å². The number of allylic oxidation sites excluding steroid dienone is 1. The summed E-state index contributed by atoms with van der Waals surface area (Å²) in [6, 6.07) is 6.36. The van der Waals surface area contributed by atoms with Crippen molar-refractivity contribution in [1.29, 1.82) is 0 Å². The Kier molecular flexibility index (Phi) is 3.65. The van der Waals surface area contributed by atoms with Gasteiger partial charge in [-0.1, -0.05) is 11.6 Å². The van der Waals surface area contributed by atoms with Gasteiger partial charge in [-0.2, -0.15) is 0 Å². The van der Waals surface area contributed by atoms with E-state index < -0.39 is 4.92 Å². The van der Waals surface area contributed by atoms with Gasteiger partial charge in [-0.05, 0) is 24.6 Å². The van der Waals surface area contributed by atoms with Crippen molar-refractivity contribution in [2.24, 2.45) is 0 Å². The lowest BCUT2D eigenvalue weighted by Crippen LogP contribution is -1.87. The number of hydrogen-bond acceptors (Lipinski definition) is 2. The Morgan fingerprint density at radius 2 is 2.07 bits per heavy atom. The molecule has 14 heavy (non-hydrogen) atoms. The van der Waals surface area contributed by atoms with Crippen LogP contribution in [-0.2, 0) is 0 Å². The van der Waals surface area contributed by atoms with Crippen molar-refractivity contribution < 1.29 is 4.92 Å². The van der Waals surface area contributed by atoms with E-state index in [-0.39, 0.29) is 5.69 Å². The van der Waals surface area contributed by atoms with E-state index in [1.807, 2.05) is 13.0 Å². The van der Waals surface area contributed by atoms with Gasteiger partial charge in [0.25, 0.3) is 5.69 Å². The molecule has 0 amide bonds. The van der Waals surface area contributed by atoms with Crippen molar-refractivity contribution in [2.45, 2.75) is 6.92 Å². The third-order valence-electron chi connectivity index (χ3n) is 1.73. The second-order valence-corrected chi connectivity index (χ2v) is 3.24. The molecule has 0 bridgehead atoms. The fraction of sp³-hybridized carbons (Fsp3) is 0.200. The van der Waals surface area contributed by atoms with E-state index in [0.717, 1.165) is 11.1 Å². The Bertz CT molecular complexity index is 357. The molecule has 0 aliphatic heterocycles. The number of nitrogens with zero attached hydrogens (tertiary/aromatic N) is 1. The third-order valence-corrected chi connectivity index (χ3v) is 2.15. The van der Waals surface area contributed by atoms with Gasteiger partial charge in [0.05, 0.1) is 4.92 Å². The second kappa shape index (κ2) is 4.77. The van der Waals surface area contributed by atoms with Gasteiger partial charge in [-0.15, -0.1) is 11.6 Å². The van der Waals surface area contributed by atoms with Gasteiger partial charge in [0.15, 0.2) is 0 Å². The number of rotatable bonds is 3. The van der Waals surface area contributed by atoms with Gasteiger partial charge >= 0.3 is 0 Å². The summed E-state index contributed by atoms with van der Waals surface area (Å²) in [4.78, 5) is 9.94. The van der Waals surface area contributed by atoms with Crippen LogP contribution in [0.1, 0.15) is 12.5 Å². The van der Waals surface area contributed by atoms with Crippen molar-refractivity contribution >= 4 is 23.4 Å². The number of non-ortho nitro benzene ring substituents is 1. The maximum absolute atomic E-state index is 10.4. The highest BCUT2D eigenvalue weighted by atomic mass is 35.5. The second-order valence-electron chi connectivity index (χ2n) is 2.97. The lowest BCUT2D eigenvalue weighted by atomic mass is 10.1. The predicted octanol–water partition coefficient (Wildman–Crippen LogP) is 3.24. The average molecular weight is 212 g/mol. The maximum Gasteiger partial charge on any atom is 0.269 e. The first-order valence-electron chi connectivity index (χ1n) is 4.11. The van der Waals surface area contributed by atoms with Gasteiger partial charge in [0.2, 0.25) is 0 Å². The minimum Gasteiger partial charge on any atom is -0.258 e. The van der Waals surface area contributed by atoms with Crippen LogP contribution in [-0.4, -0.2) is 10.8 Å². The first kappa shape index (κ1) is 10.7. The minimum absolute atomic E-state index is 0.102. The number of benzene rings is 1. The third kappa shape index (κ3) is 2.85. The average Bonchev–Trinajstić information content (AvgIpc) is 2.18. The van der Waals surface area contributed by atoms with Crippen LogP contribution in [0.2, 0.25) is 0 Å². The Labute approximate surface area is 87.2 Å². The summed E-state index contributed by atoms with van der Waals surface area (Å²) in [6.45, 7) is 1.91. The topological polar surface area (TPSA) is 43.1 Å². The van der Waals surface area contributed by atoms with Crippen LogP contribution in [0.3, 0.4) is 0 Å². The molecule has 0 aliphatic carbocycles. The molecule has 0 radical (unpaired) electrons. The van der Waals surface area contributed by atoms with Crippen molar-refractivity contribution in [2.75, 3.05) is 5.88 Å². The molecule has 1 rings (SSSR count). The number of hydrogen-bond donors (Lipinski definition) is 0. The predicted molar refractivity (Wildman–Crippen MR) is 57.5 cm³/mol. The molecular formula is C10H10ClNO2. The van der Waals surface area contributed by atoms with E-state index in [0.29, 0.717) is 5.88 Å². The highest BCUT2D eigenvalue weighted by molar-refractivity contribution is 6.19. The Balaban J connectivity index is 2.89. The molecule has 0 fully saturated rings. The van der Waals surface area contributed by atoms with Crippen LogP contribution in [0.15, 0.2) is 29.8 Å².